The quantitative estimate of drug-likeness (QED) is 0.775. The molecular formula is C14H23NO. The maximum Gasteiger partial charge on any atom is 0.120 e. The van der Waals surface area contributed by atoms with Gasteiger partial charge in [-0.25, -0.2) is 0 Å². The van der Waals surface area contributed by atoms with Crippen LogP contribution in [0.15, 0.2) is 24.3 Å². The molecule has 0 aliphatic rings. The van der Waals surface area contributed by atoms with Crippen LogP contribution in [0.2, 0.25) is 0 Å². The van der Waals surface area contributed by atoms with Crippen LogP contribution in [0.3, 0.4) is 0 Å². The molecule has 2 nitrogen and oxygen atoms in total. The highest BCUT2D eigenvalue weighted by molar-refractivity contribution is 5.27. The zero-order chi connectivity index (χ0) is 12.2. The summed E-state index contributed by atoms with van der Waals surface area (Å²) in [7, 11) is 4.19. The number of nitrogens with zero attached hydrogens (tertiary/aromatic N) is 1. The summed E-state index contributed by atoms with van der Waals surface area (Å²) >= 11 is 0. The second kappa shape index (κ2) is 5.35. The second-order valence-corrected chi connectivity index (χ2v) is 5.41. The van der Waals surface area contributed by atoms with Crippen LogP contribution < -0.4 is 4.74 Å². The van der Waals surface area contributed by atoms with Gasteiger partial charge in [0.15, 0.2) is 0 Å². The Morgan fingerprint density at radius 2 is 1.62 bits per heavy atom. The van der Waals surface area contributed by atoms with E-state index in [1.54, 1.807) is 0 Å². The first-order valence-electron chi connectivity index (χ1n) is 5.79. The van der Waals surface area contributed by atoms with E-state index in [1.807, 2.05) is 0 Å². The summed E-state index contributed by atoms with van der Waals surface area (Å²) in [5.41, 5.74) is 1.24. The standard InChI is InChI=1S/C14H23NO/c1-14(2,3)16-13-8-6-12(7-9-13)10-11-15(4)5/h6-9H,10-11H2,1-5H3. The van der Waals surface area contributed by atoms with E-state index in [0.29, 0.717) is 0 Å². The van der Waals surface area contributed by atoms with Gasteiger partial charge in [0, 0.05) is 6.54 Å². The lowest BCUT2D eigenvalue weighted by Gasteiger charge is -2.21. The van der Waals surface area contributed by atoms with E-state index in [2.05, 4.69) is 64.0 Å². The molecule has 0 heterocycles. The van der Waals surface area contributed by atoms with E-state index in [4.69, 9.17) is 4.74 Å². The van der Waals surface area contributed by atoms with Crippen LogP contribution in [0.5, 0.6) is 5.75 Å². The third kappa shape index (κ3) is 5.17. The van der Waals surface area contributed by atoms with Crippen LogP contribution in [0, 0.1) is 0 Å². The molecule has 0 amide bonds. The van der Waals surface area contributed by atoms with Crippen LogP contribution in [0.4, 0.5) is 0 Å². The van der Waals surface area contributed by atoms with Crippen molar-refractivity contribution in [3.05, 3.63) is 29.8 Å². The van der Waals surface area contributed by atoms with E-state index in [-0.39, 0.29) is 5.60 Å². The maximum absolute atomic E-state index is 5.77. The largest absolute Gasteiger partial charge is 0.488 e. The Balaban J connectivity index is 2.54. The molecule has 0 atom stereocenters. The summed E-state index contributed by atoms with van der Waals surface area (Å²) in [6, 6.07) is 8.39. The first-order valence-corrected chi connectivity index (χ1v) is 5.79. The van der Waals surface area contributed by atoms with Gasteiger partial charge in [-0.3, -0.25) is 0 Å². The fourth-order valence-corrected chi connectivity index (χ4v) is 1.43. The minimum absolute atomic E-state index is 0.120. The molecular weight excluding hydrogens is 198 g/mol. The molecule has 16 heavy (non-hydrogen) atoms. The average Bonchev–Trinajstić information content (AvgIpc) is 2.14. The van der Waals surface area contributed by atoms with Gasteiger partial charge in [-0.15, -0.1) is 0 Å². The molecule has 1 aromatic carbocycles. The summed E-state index contributed by atoms with van der Waals surface area (Å²) in [5, 5.41) is 0. The van der Waals surface area contributed by atoms with Gasteiger partial charge in [0.2, 0.25) is 0 Å². The molecule has 0 aromatic heterocycles. The van der Waals surface area contributed by atoms with Crippen molar-refractivity contribution in [3.8, 4) is 5.75 Å². The fraction of sp³-hybridized carbons (Fsp3) is 0.571. The Bertz CT molecular complexity index is 309. The predicted octanol–water partition coefficient (Wildman–Crippen LogP) is 2.97. The molecule has 0 saturated carbocycles. The summed E-state index contributed by atoms with van der Waals surface area (Å²) in [5.74, 6) is 0.945. The van der Waals surface area contributed by atoms with Gasteiger partial charge in [0.1, 0.15) is 11.4 Å². The lowest BCUT2D eigenvalue weighted by atomic mass is 10.1. The number of rotatable bonds is 4. The molecule has 90 valence electrons. The van der Waals surface area contributed by atoms with Crippen molar-refractivity contribution < 1.29 is 4.74 Å². The topological polar surface area (TPSA) is 12.5 Å². The van der Waals surface area contributed by atoms with E-state index in [1.165, 1.54) is 5.56 Å². The van der Waals surface area contributed by atoms with Crippen molar-refractivity contribution in [3.63, 3.8) is 0 Å². The van der Waals surface area contributed by atoms with E-state index in [9.17, 15) is 0 Å². The number of likely N-dealkylation sites (N-methyl/N-ethyl adjacent to an activating group) is 1. The molecule has 0 aliphatic carbocycles. The van der Waals surface area contributed by atoms with Crippen molar-refractivity contribution in [2.75, 3.05) is 20.6 Å². The number of hydrogen-bond acceptors (Lipinski definition) is 2. The lowest BCUT2D eigenvalue weighted by Crippen LogP contribution is -2.22. The monoisotopic (exact) mass is 221 g/mol. The highest BCUT2D eigenvalue weighted by atomic mass is 16.5. The van der Waals surface area contributed by atoms with Crippen LogP contribution in [-0.2, 0) is 6.42 Å². The Labute approximate surface area is 99.2 Å². The third-order valence-electron chi connectivity index (χ3n) is 2.20. The fourth-order valence-electron chi connectivity index (χ4n) is 1.43. The van der Waals surface area contributed by atoms with Crippen molar-refractivity contribution in [1.82, 2.24) is 4.90 Å². The Morgan fingerprint density at radius 1 is 1.06 bits per heavy atom. The van der Waals surface area contributed by atoms with Crippen molar-refractivity contribution in [1.29, 1.82) is 0 Å². The highest BCUT2D eigenvalue weighted by Gasteiger charge is 2.11. The van der Waals surface area contributed by atoms with Crippen LogP contribution in [0.1, 0.15) is 26.3 Å². The van der Waals surface area contributed by atoms with Crippen molar-refractivity contribution in [2.24, 2.45) is 0 Å². The SMILES string of the molecule is CN(C)CCc1ccc(OC(C)(C)C)cc1. The molecule has 0 spiro atoms. The first kappa shape index (κ1) is 13.0. The lowest BCUT2D eigenvalue weighted by molar-refractivity contribution is 0.131. The zero-order valence-electron chi connectivity index (χ0n) is 11.1. The molecule has 0 unspecified atom stereocenters. The van der Waals surface area contributed by atoms with Gasteiger partial charge in [-0.1, -0.05) is 12.1 Å². The van der Waals surface area contributed by atoms with Crippen LogP contribution >= 0.6 is 0 Å². The third-order valence-corrected chi connectivity index (χ3v) is 2.20. The van der Waals surface area contributed by atoms with Gasteiger partial charge < -0.3 is 9.64 Å². The van der Waals surface area contributed by atoms with E-state index < -0.39 is 0 Å². The highest BCUT2D eigenvalue weighted by Crippen LogP contribution is 2.18. The summed E-state index contributed by atoms with van der Waals surface area (Å²) in [6.45, 7) is 7.27. The van der Waals surface area contributed by atoms with Crippen LogP contribution in [-0.4, -0.2) is 31.1 Å². The van der Waals surface area contributed by atoms with Gasteiger partial charge in [-0.2, -0.15) is 0 Å². The number of ether oxygens (including phenoxy) is 1. The Morgan fingerprint density at radius 3 is 2.06 bits per heavy atom. The molecule has 0 fully saturated rings. The summed E-state index contributed by atoms with van der Waals surface area (Å²) < 4.78 is 5.77. The Kier molecular flexibility index (Phi) is 4.36. The first-order chi connectivity index (χ1) is 7.37. The van der Waals surface area contributed by atoms with Gasteiger partial charge >= 0.3 is 0 Å². The summed E-state index contributed by atoms with van der Waals surface area (Å²) in [6.07, 6.45) is 1.09. The van der Waals surface area contributed by atoms with E-state index >= 15 is 0 Å². The molecule has 0 N–H and O–H groups in total. The van der Waals surface area contributed by atoms with Gasteiger partial charge in [0.25, 0.3) is 0 Å². The van der Waals surface area contributed by atoms with Crippen molar-refractivity contribution >= 4 is 0 Å². The molecule has 0 radical (unpaired) electrons. The normalized spacial score (nSPS) is 11.9. The predicted molar refractivity (Wildman–Crippen MR) is 69.1 cm³/mol. The molecule has 2 heteroatoms. The minimum Gasteiger partial charge on any atom is -0.488 e. The van der Waals surface area contributed by atoms with Crippen LogP contribution in [0.25, 0.3) is 0 Å². The van der Waals surface area contributed by atoms with E-state index in [0.717, 1.165) is 18.7 Å². The number of benzene rings is 1. The zero-order valence-corrected chi connectivity index (χ0v) is 11.1. The average molecular weight is 221 g/mol. The van der Waals surface area contributed by atoms with Gasteiger partial charge in [-0.05, 0) is 59.0 Å². The number of hydrogen-bond donors (Lipinski definition) is 0. The molecule has 0 bridgehead atoms. The Hall–Kier alpha value is -1.02. The molecule has 0 saturated heterocycles. The molecule has 1 aromatic rings. The maximum atomic E-state index is 5.77. The molecule has 0 aliphatic heterocycles. The molecule has 1 rings (SSSR count). The minimum atomic E-state index is -0.120. The van der Waals surface area contributed by atoms with Gasteiger partial charge in [0.05, 0.1) is 0 Å². The smallest absolute Gasteiger partial charge is 0.120 e. The van der Waals surface area contributed by atoms with Crippen molar-refractivity contribution in [2.45, 2.75) is 32.8 Å². The second-order valence-electron chi connectivity index (χ2n) is 5.41. The summed E-state index contributed by atoms with van der Waals surface area (Å²) in [4.78, 5) is 2.19.